The largest absolute Gasteiger partial charge is 0.310 e. The van der Waals surface area contributed by atoms with Gasteiger partial charge >= 0.3 is 0 Å². The number of rotatable bonds is 8. The zero-order valence-corrected chi connectivity index (χ0v) is 19.6. The van der Waals surface area contributed by atoms with Gasteiger partial charge in [-0.15, -0.1) is 0 Å². The Kier molecular flexibility index (Phi) is 6.81. The monoisotopic (exact) mass is 442 g/mol. The molecule has 2 aromatic carbocycles. The number of benzene rings is 2. The van der Waals surface area contributed by atoms with Crippen molar-refractivity contribution < 1.29 is 13.2 Å². The van der Waals surface area contributed by atoms with E-state index in [9.17, 15) is 13.2 Å². The van der Waals surface area contributed by atoms with Crippen molar-refractivity contribution in [2.45, 2.75) is 46.1 Å². The molecule has 1 heterocycles. The van der Waals surface area contributed by atoms with E-state index in [2.05, 4.69) is 5.10 Å². The third-order valence-corrected chi connectivity index (χ3v) is 7.88. The quantitative estimate of drug-likeness (QED) is 0.533. The number of hydrogen-bond acceptors (Lipinski definition) is 4. The fourth-order valence-electron chi connectivity index (χ4n) is 4.04. The lowest BCUT2D eigenvalue weighted by Crippen LogP contribution is -2.34. The summed E-state index contributed by atoms with van der Waals surface area (Å²) in [6.07, 6.45) is 0. The second-order valence-electron chi connectivity index (χ2n) is 7.38. The van der Waals surface area contributed by atoms with Crippen molar-refractivity contribution in [3.8, 4) is 0 Å². The van der Waals surface area contributed by atoms with Crippen molar-refractivity contribution in [2.75, 3.05) is 24.5 Å². The van der Waals surface area contributed by atoms with Gasteiger partial charge in [-0.05, 0) is 32.2 Å². The van der Waals surface area contributed by atoms with E-state index in [4.69, 9.17) is 0 Å². The molecule has 1 amide bonds. The van der Waals surface area contributed by atoms with Gasteiger partial charge in [-0.25, -0.2) is 8.42 Å². The van der Waals surface area contributed by atoms with Crippen LogP contribution in [0.4, 0.5) is 5.69 Å². The maximum Gasteiger partial charge on any atom is 0.248 e. The highest BCUT2D eigenvalue weighted by Crippen LogP contribution is 2.28. The Balaban J connectivity index is 1.96. The Morgan fingerprint density at radius 3 is 2.26 bits per heavy atom. The van der Waals surface area contributed by atoms with Gasteiger partial charge in [0.25, 0.3) is 0 Å². The predicted molar refractivity (Wildman–Crippen MR) is 124 cm³/mol. The molecule has 31 heavy (non-hydrogen) atoms. The number of amides is 1. The number of nitrogens with zero attached hydrogens (tertiary/aromatic N) is 4. The van der Waals surface area contributed by atoms with Crippen molar-refractivity contribution in [2.24, 2.45) is 0 Å². The van der Waals surface area contributed by atoms with Gasteiger partial charge in [-0.2, -0.15) is 9.40 Å². The van der Waals surface area contributed by atoms with E-state index in [0.717, 1.165) is 16.5 Å². The molecule has 8 heteroatoms. The first-order valence-corrected chi connectivity index (χ1v) is 12.0. The lowest BCUT2D eigenvalue weighted by Gasteiger charge is -2.23. The minimum atomic E-state index is -3.66. The Labute approximate surface area is 184 Å². The fourth-order valence-corrected chi connectivity index (χ4v) is 5.87. The lowest BCUT2D eigenvalue weighted by atomic mass is 10.1. The number of hydrogen-bond donors (Lipinski definition) is 0. The number of anilines is 1. The molecule has 0 bridgehead atoms. The molecule has 3 aromatic rings. The van der Waals surface area contributed by atoms with E-state index >= 15 is 0 Å². The van der Waals surface area contributed by atoms with E-state index in [1.807, 2.05) is 63.2 Å². The molecular formula is C23H30N4O3S. The number of carbonyl (C=O) groups is 1. The SMILES string of the molecule is CCN(C(=O)Cn1nc(C)c(S(=O)(=O)N(CC)CC)c1C)c1cccc2ccccc12. The van der Waals surface area contributed by atoms with Crippen LogP contribution in [0.5, 0.6) is 0 Å². The average molecular weight is 443 g/mol. The van der Waals surface area contributed by atoms with Gasteiger partial charge in [0.05, 0.1) is 17.1 Å². The highest BCUT2D eigenvalue weighted by Gasteiger charge is 2.30. The number of likely N-dealkylation sites (N-methyl/N-ethyl adjacent to an activating group) is 1. The minimum absolute atomic E-state index is 0.0303. The maximum atomic E-state index is 13.3. The third-order valence-electron chi connectivity index (χ3n) is 5.58. The summed E-state index contributed by atoms with van der Waals surface area (Å²) in [7, 11) is -3.66. The van der Waals surface area contributed by atoms with Crippen molar-refractivity contribution >= 4 is 32.4 Å². The van der Waals surface area contributed by atoms with E-state index in [1.165, 1.54) is 8.99 Å². The van der Waals surface area contributed by atoms with Gasteiger partial charge in [0.1, 0.15) is 11.4 Å². The normalized spacial score (nSPS) is 11.9. The van der Waals surface area contributed by atoms with Crippen LogP contribution in [0.3, 0.4) is 0 Å². The van der Waals surface area contributed by atoms with Gasteiger partial charge < -0.3 is 4.90 Å². The summed E-state index contributed by atoms with van der Waals surface area (Å²) >= 11 is 0. The van der Waals surface area contributed by atoms with Crippen LogP contribution in [0.25, 0.3) is 10.8 Å². The average Bonchev–Trinajstić information content (AvgIpc) is 3.02. The van der Waals surface area contributed by atoms with Crippen molar-refractivity contribution in [3.63, 3.8) is 0 Å². The minimum Gasteiger partial charge on any atom is -0.310 e. The molecule has 1 aromatic heterocycles. The first-order chi connectivity index (χ1) is 14.8. The Morgan fingerprint density at radius 2 is 1.61 bits per heavy atom. The summed E-state index contributed by atoms with van der Waals surface area (Å²) < 4.78 is 29.1. The molecule has 0 fully saturated rings. The Hall–Kier alpha value is -2.71. The predicted octanol–water partition coefficient (Wildman–Crippen LogP) is 3.74. The Morgan fingerprint density at radius 1 is 0.968 bits per heavy atom. The van der Waals surface area contributed by atoms with Crippen molar-refractivity contribution in [1.82, 2.24) is 14.1 Å². The highest BCUT2D eigenvalue weighted by molar-refractivity contribution is 7.89. The maximum absolute atomic E-state index is 13.3. The second-order valence-corrected chi connectivity index (χ2v) is 9.26. The van der Waals surface area contributed by atoms with Crippen LogP contribution in [0.2, 0.25) is 0 Å². The molecule has 7 nitrogen and oxygen atoms in total. The van der Waals surface area contributed by atoms with Gasteiger partial charge in [0.2, 0.25) is 15.9 Å². The number of aromatic nitrogens is 2. The molecule has 3 rings (SSSR count). The van der Waals surface area contributed by atoms with Gasteiger partial charge in [-0.1, -0.05) is 50.2 Å². The number of sulfonamides is 1. The van der Waals surface area contributed by atoms with Crippen LogP contribution < -0.4 is 4.90 Å². The molecule has 0 spiro atoms. The molecule has 0 saturated heterocycles. The molecule has 0 aliphatic heterocycles. The van der Waals surface area contributed by atoms with Crippen LogP contribution in [0.1, 0.15) is 32.2 Å². The lowest BCUT2D eigenvalue weighted by molar-refractivity contribution is -0.119. The summed E-state index contributed by atoms with van der Waals surface area (Å²) in [5.41, 5.74) is 1.72. The summed E-state index contributed by atoms with van der Waals surface area (Å²) in [5.74, 6) is -0.142. The zero-order valence-electron chi connectivity index (χ0n) is 18.8. The van der Waals surface area contributed by atoms with Crippen molar-refractivity contribution in [1.29, 1.82) is 0 Å². The van der Waals surface area contributed by atoms with Gasteiger partial charge in [0, 0.05) is 25.0 Å². The highest BCUT2D eigenvalue weighted by atomic mass is 32.2. The second kappa shape index (κ2) is 9.20. The van der Waals surface area contributed by atoms with Gasteiger partial charge in [-0.3, -0.25) is 9.48 Å². The van der Waals surface area contributed by atoms with E-state index in [-0.39, 0.29) is 17.3 Å². The number of aryl methyl sites for hydroxylation is 1. The summed E-state index contributed by atoms with van der Waals surface area (Å²) in [4.78, 5) is 15.2. The summed E-state index contributed by atoms with van der Waals surface area (Å²) in [6, 6.07) is 13.8. The molecule has 0 N–H and O–H groups in total. The summed E-state index contributed by atoms with van der Waals surface area (Å²) in [5, 5.41) is 6.46. The third kappa shape index (κ3) is 4.22. The molecule has 0 aliphatic rings. The molecule has 166 valence electrons. The topological polar surface area (TPSA) is 75.5 Å². The molecule has 0 saturated carbocycles. The number of carbonyl (C=O) groups excluding carboxylic acids is 1. The Bertz CT molecular complexity index is 1190. The van der Waals surface area contributed by atoms with Crippen LogP contribution in [-0.2, 0) is 21.4 Å². The molecule has 0 radical (unpaired) electrons. The fraction of sp³-hybridized carbons (Fsp3) is 0.391. The number of fused-ring (bicyclic) bond motifs is 1. The first kappa shape index (κ1) is 23.0. The van der Waals surface area contributed by atoms with E-state index < -0.39 is 10.0 Å². The van der Waals surface area contributed by atoms with Crippen LogP contribution in [0.15, 0.2) is 47.4 Å². The smallest absolute Gasteiger partial charge is 0.248 e. The van der Waals surface area contributed by atoms with E-state index in [1.54, 1.807) is 18.7 Å². The molecule has 0 unspecified atom stereocenters. The van der Waals surface area contributed by atoms with Crippen LogP contribution in [0, 0.1) is 13.8 Å². The van der Waals surface area contributed by atoms with Gasteiger partial charge in [0.15, 0.2) is 0 Å². The first-order valence-electron chi connectivity index (χ1n) is 10.6. The molecule has 0 aliphatic carbocycles. The zero-order chi connectivity index (χ0) is 22.8. The van der Waals surface area contributed by atoms with Crippen LogP contribution in [-0.4, -0.2) is 48.0 Å². The molecule has 0 atom stereocenters. The van der Waals surface area contributed by atoms with Crippen molar-refractivity contribution in [3.05, 3.63) is 53.9 Å². The molecular weight excluding hydrogens is 412 g/mol. The van der Waals surface area contributed by atoms with E-state index in [0.29, 0.717) is 31.0 Å². The summed E-state index contributed by atoms with van der Waals surface area (Å²) in [6.45, 7) is 10.2. The van der Waals surface area contributed by atoms with Crippen LogP contribution >= 0.6 is 0 Å². The standard InChI is InChI=1S/C23H30N4O3S/c1-6-25(7-2)31(29,30)23-17(4)24-27(18(23)5)16-22(28)26(8-3)21-15-11-13-19-12-9-10-14-20(19)21/h9-15H,6-8,16H2,1-5H3.